The van der Waals surface area contributed by atoms with Crippen molar-refractivity contribution in [1.29, 1.82) is 0 Å². The van der Waals surface area contributed by atoms with Gasteiger partial charge in [0.1, 0.15) is 5.82 Å². The van der Waals surface area contributed by atoms with Crippen LogP contribution in [0.15, 0.2) is 16.5 Å². The minimum Gasteiger partial charge on any atom is -0.406 e. The average Bonchev–Trinajstić information content (AvgIpc) is 2.71. The van der Waals surface area contributed by atoms with Gasteiger partial charge in [-0.2, -0.15) is 0 Å². The highest BCUT2D eigenvalue weighted by Gasteiger charge is 2.13. The van der Waals surface area contributed by atoms with Crippen LogP contribution in [-0.4, -0.2) is 10.2 Å². The highest BCUT2D eigenvalue weighted by Crippen LogP contribution is 2.28. The van der Waals surface area contributed by atoms with E-state index < -0.39 is 11.6 Å². The molecule has 0 saturated carbocycles. The van der Waals surface area contributed by atoms with Crippen LogP contribution in [0.5, 0.6) is 0 Å². The molecular formula is C9H7ClF2N4O. The fraction of sp³-hybridized carbons (Fsp3) is 0.111. The molecule has 2 aromatic rings. The summed E-state index contributed by atoms with van der Waals surface area (Å²) in [6, 6.07) is 1.58. The third-order valence-corrected chi connectivity index (χ3v) is 2.18. The van der Waals surface area contributed by atoms with Crippen LogP contribution in [0.3, 0.4) is 0 Å². The minimum absolute atomic E-state index is 0.0638. The molecule has 0 radical (unpaired) electrons. The van der Waals surface area contributed by atoms with Crippen molar-refractivity contribution in [3.8, 4) is 0 Å². The second-order valence-electron chi connectivity index (χ2n) is 3.07. The van der Waals surface area contributed by atoms with Gasteiger partial charge in [0.2, 0.25) is 5.89 Å². The molecule has 5 nitrogen and oxygen atoms in total. The lowest BCUT2D eigenvalue weighted by Gasteiger charge is -2.05. The summed E-state index contributed by atoms with van der Waals surface area (Å²) >= 11 is 5.67. The summed E-state index contributed by atoms with van der Waals surface area (Å²) in [5.41, 5.74) is 5.12. The number of hydrogen-bond acceptors (Lipinski definition) is 5. The maximum Gasteiger partial charge on any atom is 0.320 e. The number of halogens is 3. The van der Waals surface area contributed by atoms with Crippen LogP contribution in [0.25, 0.3) is 0 Å². The van der Waals surface area contributed by atoms with E-state index in [0.29, 0.717) is 6.07 Å². The molecule has 90 valence electrons. The van der Waals surface area contributed by atoms with Gasteiger partial charge in [-0.25, -0.2) is 8.78 Å². The maximum atomic E-state index is 13.4. The number of nitrogens with two attached hydrogens (primary N) is 1. The lowest BCUT2D eigenvalue weighted by atomic mass is 10.3. The average molecular weight is 261 g/mol. The van der Waals surface area contributed by atoms with Gasteiger partial charge in [0, 0.05) is 6.07 Å². The Kier molecular flexibility index (Phi) is 3.21. The number of nitrogens with zero attached hydrogens (tertiary/aromatic N) is 2. The van der Waals surface area contributed by atoms with Crippen molar-refractivity contribution in [3.63, 3.8) is 0 Å². The molecule has 0 spiro atoms. The monoisotopic (exact) mass is 260 g/mol. The first-order valence-corrected chi connectivity index (χ1v) is 4.92. The topological polar surface area (TPSA) is 77.0 Å². The lowest BCUT2D eigenvalue weighted by Crippen LogP contribution is -1.96. The molecule has 0 unspecified atom stereocenters. The molecule has 0 fully saturated rings. The predicted octanol–water partition coefficient (Wildman–Crippen LogP) is 2.20. The molecule has 3 N–H and O–H groups in total. The molecule has 1 aromatic heterocycles. The van der Waals surface area contributed by atoms with E-state index in [-0.39, 0.29) is 29.2 Å². The number of hydrogen-bond donors (Lipinski definition) is 2. The summed E-state index contributed by atoms with van der Waals surface area (Å²) in [6.07, 6.45) is 0. The highest BCUT2D eigenvalue weighted by atomic mass is 35.5. The smallest absolute Gasteiger partial charge is 0.320 e. The third-order valence-electron chi connectivity index (χ3n) is 1.88. The zero-order valence-corrected chi connectivity index (χ0v) is 9.13. The first kappa shape index (κ1) is 11.7. The van der Waals surface area contributed by atoms with Gasteiger partial charge in [0.25, 0.3) is 0 Å². The second kappa shape index (κ2) is 4.64. The van der Waals surface area contributed by atoms with Gasteiger partial charge in [0.15, 0.2) is 5.82 Å². The zero-order valence-electron chi connectivity index (χ0n) is 8.38. The van der Waals surface area contributed by atoms with Crippen molar-refractivity contribution < 1.29 is 13.2 Å². The van der Waals surface area contributed by atoms with Crippen LogP contribution < -0.4 is 11.1 Å². The molecule has 0 amide bonds. The Morgan fingerprint density at radius 1 is 1.35 bits per heavy atom. The number of rotatable bonds is 3. The lowest BCUT2D eigenvalue weighted by molar-refractivity contribution is 0.510. The summed E-state index contributed by atoms with van der Waals surface area (Å²) in [5.74, 6) is -1.44. The summed E-state index contributed by atoms with van der Waals surface area (Å²) < 4.78 is 31.2. The quantitative estimate of drug-likeness (QED) is 0.885. The molecule has 0 aliphatic heterocycles. The van der Waals surface area contributed by atoms with Crippen molar-refractivity contribution in [2.75, 3.05) is 5.32 Å². The van der Waals surface area contributed by atoms with Gasteiger partial charge in [-0.3, -0.25) is 0 Å². The van der Waals surface area contributed by atoms with Crippen molar-refractivity contribution >= 4 is 23.3 Å². The van der Waals surface area contributed by atoms with Gasteiger partial charge in [-0.05, 0) is 6.07 Å². The van der Waals surface area contributed by atoms with Gasteiger partial charge < -0.3 is 15.5 Å². The normalized spacial score (nSPS) is 10.6. The fourth-order valence-corrected chi connectivity index (χ4v) is 1.40. The second-order valence-corrected chi connectivity index (χ2v) is 3.48. The molecule has 17 heavy (non-hydrogen) atoms. The van der Waals surface area contributed by atoms with E-state index >= 15 is 0 Å². The predicted molar refractivity (Wildman–Crippen MR) is 56.8 cm³/mol. The Bertz CT molecular complexity index is 523. The summed E-state index contributed by atoms with van der Waals surface area (Å²) in [6.45, 7) is 0.0638. The molecule has 0 atom stereocenters. The standard InChI is InChI=1S/C9H7ClF2N4O/c10-5-1-4(11)2-6(12)8(5)14-9-16-15-7(3-13)17-9/h1-2H,3,13H2,(H,14,16). The van der Waals surface area contributed by atoms with Gasteiger partial charge >= 0.3 is 6.01 Å². The van der Waals surface area contributed by atoms with Crippen LogP contribution in [0.1, 0.15) is 5.89 Å². The third kappa shape index (κ3) is 2.51. The Morgan fingerprint density at radius 3 is 2.71 bits per heavy atom. The molecule has 0 aliphatic rings. The van der Waals surface area contributed by atoms with E-state index in [9.17, 15) is 8.78 Å². The van der Waals surface area contributed by atoms with Gasteiger partial charge in [0.05, 0.1) is 17.3 Å². The van der Waals surface area contributed by atoms with Crippen LogP contribution in [-0.2, 0) is 6.54 Å². The van der Waals surface area contributed by atoms with E-state index in [4.69, 9.17) is 21.8 Å². The molecule has 2 rings (SSSR count). The van der Waals surface area contributed by atoms with Crippen molar-refractivity contribution in [2.45, 2.75) is 6.54 Å². The number of aromatic nitrogens is 2. The van der Waals surface area contributed by atoms with Crippen molar-refractivity contribution in [1.82, 2.24) is 10.2 Å². The first-order valence-electron chi connectivity index (χ1n) is 4.54. The van der Waals surface area contributed by atoms with Crippen LogP contribution in [0, 0.1) is 11.6 Å². The fourth-order valence-electron chi connectivity index (χ4n) is 1.16. The van der Waals surface area contributed by atoms with E-state index in [1.165, 1.54) is 0 Å². The van der Waals surface area contributed by atoms with Crippen LogP contribution >= 0.6 is 11.6 Å². The zero-order chi connectivity index (χ0) is 12.4. The molecular weight excluding hydrogens is 254 g/mol. The Hall–Kier alpha value is -1.73. The maximum absolute atomic E-state index is 13.4. The van der Waals surface area contributed by atoms with Crippen LogP contribution in [0.2, 0.25) is 5.02 Å². The van der Waals surface area contributed by atoms with Crippen molar-refractivity contribution in [2.24, 2.45) is 5.73 Å². The van der Waals surface area contributed by atoms with Gasteiger partial charge in [-0.15, -0.1) is 5.10 Å². The first-order chi connectivity index (χ1) is 8.10. The SMILES string of the molecule is NCc1nnc(Nc2c(F)cc(F)cc2Cl)o1. The van der Waals surface area contributed by atoms with Gasteiger partial charge in [-0.1, -0.05) is 16.7 Å². The molecule has 1 aromatic carbocycles. The summed E-state index contributed by atoms with van der Waals surface area (Å²) in [5, 5.41) is 9.45. The minimum atomic E-state index is -0.859. The number of benzene rings is 1. The molecule has 0 bridgehead atoms. The Balaban J connectivity index is 2.29. The Labute approximate surface area is 99.6 Å². The van der Waals surface area contributed by atoms with E-state index in [0.717, 1.165) is 6.07 Å². The van der Waals surface area contributed by atoms with Crippen molar-refractivity contribution in [3.05, 3.63) is 34.7 Å². The summed E-state index contributed by atoms with van der Waals surface area (Å²) in [4.78, 5) is 0. The highest BCUT2D eigenvalue weighted by molar-refractivity contribution is 6.33. The molecule has 8 heteroatoms. The molecule has 0 aliphatic carbocycles. The summed E-state index contributed by atoms with van der Waals surface area (Å²) in [7, 11) is 0. The Morgan fingerprint density at radius 2 is 2.12 bits per heavy atom. The molecule has 1 heterocycles. The largest absolute Gasteiger partial charge is 0.406 e. The van der Waals surface area contributed by atoms with Crippen LogP contribution in [0.4, 0.5) is 20.5 Å². The van der Waals surface area contributed by atoms with E-state index in [1.54, 1.807) is 0 Å². The van der Waals surface area contributed by atoms with E-state index in [2.05, 4.69) is 15.5 Å². The number of nitrogens with one attached hydrogen (secondary N) is 1. The molecule has 0 saturated heterocycles. The number of anilines is 2. The van der Waals surface area contributed by atoms with E-state index in [1.807, 2.05) is 0 Å².